The van der Waals surface area contributed by atoms with Crippen molar-refractivity contribution in [2.45, 2.75) is 4.90 Å². The van der Waals surface area contributed by atoms with E-state index in [2.05, 4.69) is 0 Å². The molecule has 0 radical (unpaired) electrons. The molecule has 6 nitrogen and oxygen atoms in total. The number of para-hydroxylation sites is 1. The average Bonchev–Trinajstić information content (AvgIpc) is 2.61. The number of hydrogen-bond donors (Lipinski definition) is 1. The molecule has 0 fully saturated rings. The fourth-order valence-electron chi connectivity index (χ4n) is 2.69. The van der Waals surface area contributed by atoms with E-state index in [0.29, 0.717) is 21.2 Å². The highest BCUT2D eigenvalue weighted by Crippen LogP contribution is 2.36. The van der Waals surface area contributed by atoms with Crippen molar-refractivity contribution in [1.82, 2.24) is 0 Å². The van der Waals surface area contributed by atoms with E-state index in [1.54, 1.807) is 36.4 Å². The SMILES string of the molecule is NS(=O)(=O)c1ccccc1N(c1cccc(-c2ccc(Cl)cc2Cl)c1)S(=O)[O-]. The molecule has 2 N–H and O–H groups in total. The summed E-state index contributed by atoms with van der Waals surface area (Å²) in [5, 5.41) is 6.10. The Labute approximate surface area is 175 Å². The third-order valence-electron chi connectivity index (χ3n) is 3.86. The smallest absolute Gasteiger partial charge is 0.240 e. The Balaban J connectivity index is 2.17. The summed E-state index contributed by atoms with van der Waals surface area (Å²) in [5.74, 6) is 0. The van der Waals surface area contributed by atoms with Crippen molar-refractivity contribution >= 4 is 55.9 Å². The standard InChI is InChI=1S/C18H14Cl2N2O4S2/c19-13-8-9-15(16(20)11-13)12-4-3-5-14(10-12)22(27(23)24)17-6-1-2-7-18(17)28(21,25)26/h1-11H,(H,23,24)(H2,21,25,26)/p-1. The van der Waals surface area contributed by atoms with Crippen LogP contribution in [0.25, 0.3) is 11.1 Å². The lowest BCUT2D eigenvalue weighted by Gasteiger charge is -2.28. The van der Waals surface area contributed by atoms with Crippen molar-refractivity contribution < 1.29 is 17.2 Å². The first-order chi connectivity index (χ1) is 13.2. The highest BCUT2D eigenvalue weighted by Gasteiger charge is 2.21. The normalized spacial score (nSPS) is 12.6. The molecule has 1 atom stereocenters. The molecule has 0 aliphatic carbocycles. The number of halogens is 2. The van der Waals surface area contributed by atoms with Crippen LogP contribution in [-0.2, 0) is 21.3 Å². The van der Waals surface area contributed by atoms with Crippen molar-refractivity contribution in [2.24, 2.45) is 5.14 Å². The van der Waals surface area contributed by atoms with Gasteiger partial charge in [-0.15, -0.1) is 0 Å². The highest BCUT2D eigenvalue weighted by atomic mass is 35.5. The van der Waals surface area contributed by atoms with E-state index >= 15 is 0 Å². The van der Waals surface area contributed by atoms with Crippen LogP contribution in [0.4, 0.5) is 11.4 Å². The number of nitrogens with zero attached hydrogens (tertiary/aromatic N) is 1. The third-order valence-corrected chi connectivity index (χ3v) is 6.07. The molecule has 0 aliphatic heterocycles. The van der Waals surface area contributed by atoms with Gasteiger partial charge in [-0.1, -0.05) is 53.5 Å². The molecule has 0 bridgehead atoms. The quantitative estimate of drug-likeness (QED) is 0.580. The summed E-state index contributed by atoms with van der Waals surface area (Å²) in [6.45, 7) is 0. The minimum absolute atomic E-state index is 0.0855. The number of benzene rings is 3. The van der Waals surface area contributed by atoms with Crippen molar-refractivity contribution in [1.29, 1.82) is 0 Å². The Morgan fingerprint density at radius 1 is 0.964 bits per heavy atom. The van der Waals surface area contributed by atoms with Crippen molar-refractivity contribution in [3.63, 3.8) is 0 Å². The number of anilines is 2. The number of nitrogens with two attached hydrogens (primary N) is 1. The van der Waals surface area contributed by atoms with Gasteiger partial charge in [0.05, 0.1) is 22.6 Å². The summed E-state index contributed by atoms with van der Waals surface area (Å²) >= 11 is 9.36. The zero-order valence-electron chi connectivity index (χ0n) is 14.1. The Kier molecular flexibility index (Phi) is 6.09. The first-order valence-electron chi connectivity index (χ1n) is 7.75. The predicted octanol–water partition coefficient (Wildman–Crippen LogP) is 4.24. The molecule has 0 amide bonds. The summed E-state index contributed by atoms with van der Waals surface area (Å²) < 4.78 is 48.6. The average molecular weight is 456 g/mol. The molecule has 146 valence electrons. The van der Waals surface area contributed by atoms with Crippen molar-refractivity contribution in [2.75, 3.05) is 4.31 Å². The molecule has 1 unspecified atom stereocenters. The Hall–Kier alpha value is -1.94. The minimum Gasteiger partial charge on any atom is -0.755 e. The van der Waals surface area contributed by atoms with Crippen molar-refractivity contribution in [3.05, 3.63) is 76.8 Å². The van der Waals surface area contributed by atoms with E-state index in [-0.39, 0.29) is 16.3 Å². The van der Waals surface area contributed by atoms with Crippen LogP contribution >= 0.6 is 23.2 Å². The molecule has 10 heteroatoms. The largest absolute Gasteiger partial charge is 0.755 e. The van der Waals surface area contributed by atoms with Crippen LogP contribution in [0, 0.1) is 0 Å². The van der Waals surface area contributed by atoms with Gasteiger partial charge in [0.2, 0.25) is 10.0 Å². The molecule has 3 rings (SSSR count). The molecule has 28 heavy (non-hydrogen) atoms. The second kappa shape index (κ2) is 8.20. The predicted molar refractivity (Wildman–Crippen MR) is 111 cm³/mol. The monoisotopic (exact) mass is 455 g/mol. The Bertz CT molecular complexity index is 1170. The molecule has 0 heterocycles. The van der Waals surface area contributed by atoms with Gasteiger partial charge in [0, 0.05) is 15.6 Å². The van der Waals surface area contributed by atoms with E-state index in [1.165, 1.54) is 30.3 Å². The summed E-state index contributed by atoms with van der Waals surface area (Å²) in [6.07, 6.45) is 0. The second-order valence-corrected chi connectivity index (χ2v) is 8.87. The number of primary sulfonamides is 1. The lowest BCUT2D eigenvalue weighted by atomic mass is 10.0. The van der Waals surface area contributed by atoms with Crippen LogP contribution < -0.4 is 9.44 Å². The minimum atomic E-state index is -4.14. The van der Waals surface area contributed by atoms with Gasteiger partial charge in [0.1, 0.15) is 4.90 Å². The highest BCUT2D eigenvalue weighted by molar-refractivity contribution is 7.89. The van der Waals surface area contributed by atoms with Gasteiger partial charge in [-0.2, -0.15) is 0 Å². The van der Waals surface area contributed by atoms with Gasteiger partial charge in [0.15, 0.2) is 0 Å². The van der Waals surface area contributed by atoms with Gasteiger partial charge < -0.3 is 4.55 Å². The number of sulfonamides is 1. The Morgan fingerprint density at radius 2 is 1.68 bits per heavy atom. The van der Waals surface area contributed by atoms with Gasteiger partial charge in [0.25, 0.3) is 0 Å². The van der Waals surface area contributed by atoms with Crippen LogP contribution in [-0.4, -0.2) is 17.2 Å². The Morgan fingerprint density at radius 3 is 2.32 bits per heavy atom. The van der Waals surface area contributed by atoms with E-state index in [0.717, 1.165) is 4.31 Å². The summed E-state index contributed by atoms with van der Waals surface area (Å²) in [6, 6.07) is 17.0. The van der Waals surface area contributed by atoms with Crippen LogP contribution in [0.3, 0.4) is 0 Å². The van der Waals surface area contributed by atoms with E-state index in [9.17, 15) is 17.2 Å². The molecule has 3 aromatic carbocycles. The zero-order valence-corrected chi connectivity index (χ0v) is 17.2. The third kappa shape index (κ3) is 4.38. The lowest BCUT2D eigenvalue weighted by molar-refractivity contribution is 0.537. The van der Waals surface area contributed by atoms with Gasteiger partial charge in [-0.3, -0.25) is 8.51 Å². The fourth-order valence-corrected chi connectivity index (χ4v) is 4.59. The summed E-state index contributed by atoms with van der Waals surface area (Å²) in [7, 11) is -4.14. The molecule has 0 aromatic heterocycles. The van der Waals surface area contributed by atoms with E-state index < -0.39 is 21.3 Å². The lowest BCUT2D eigenvalue weighted by Crippen LogP contribution is -2.23. The molecule has 0 saturated heterocycles. The molecule has 0 aliphatic rings. The molecule has 3 aromatic rings. The van der Waals surface area contributed by atoms with Gasteiger partial charge in [-0.05, 0) is 42.0 Å². The summed E-state index contributed by atoms with van der Waals surface area (Å²) in [5.41, 5.74) is 1.40. The van der Waals surface area contributed by atoms with Crippen molar-refractivity contribution in [3.8, 4) is 11.1 Å². The van der Waals surface area contributed by atoms with E-state index in [4.69, 9.17) is 28.3 Å². The van der Waals surface area contributed by atoms with Crippen LogP contribution in [0.5, 0.6) is 0 Å². The maximum Gasteiger partial charge on any atom is 0.240 e. The topological polar surface area (TPSA) is 104 Å². The maximum atomic E-state index is 12.0. The van der Waals surface area contributed by atoms with Gasteiger partial charge >= 0.3 is 0 Å². The first-order valence-corrected chi connectivity index (χ1v) is 11.1. The van der Waals surface area contributed by atoms with Crippen LogP contribution in [0.15, 0.2) is 71.6 Å². The first kappa shape index (κ1) is 20.8. The van der Waals surface area contributed by atoms with E-state index in [1.807, 2.05) is 0 Å². The van der Waals surface area contributed by atoms with Crippen LogP contribution in [0.2, 0.25) is 10.0 Å². The van der Waals surface area contributed by atoms with Gasteiger partial charge in [-0.25, -0.2) is 13.6 Å². The second-order valence-electron chi connectivity index (χ2n) is 5.70. The molecule has 0 spiro atoms. The fraction of sp³-hybridized carbons (Fsp3) is 0. The number of rotatable bonds is 5. The molecular formula is C18H13Cl2N2O4S2-. The van der Waals surface area contributed by atoms with Crippen LogP contribution in [0.1, 0.15) is 0 Å². The maximum absolute atomic E-state index is 12.0. The molecule has 0 saturated carbocycles. The molecular weight excluding hydrogens is 443 g/mol. The number of hydrogen-bond acceptors (Lipinski definition) is 4. The summed E-state index contributed by atoms with van der Waals surface area (Å²) in [4.78, 5) is -0.311. The zero-order chi connectivity index (χ0) is 20.5.